The second-order valence-corrected chi connectivity index (χ2v) is 6.55. The van der Waals surface area contributed by atoms with Gasteiger partial charge in [-0.05, 0) is 48.9 Å². The van der Waals surface area contributed by atoms with E-state index in [-0.39, 0.29) is 11.9 Å². The zero-order chi connectivity index (χ0) is 17.3. The average Bonchev–Trinajstić information content (AvgIpc) is 2.55. The van der Waals surface area contributed by atoms with Crippen molar-refractivity contribution in [3.63, 3.8) is 0 Å². The molecule has 0 amide bonds. The molecule has 124 valence electrons. The standard InChI is InChI=1S/C17H17Cl2N5/c1-9-5-6-22-13-7-10(11-3-2-4-12(18)16(11)19)8-14(15(9)13)23-24-17(20)21/h2-6,10H,7-8H2,1H3,(H4,20,21,24)/b23-14+. The van der Waals surface area contributed by atoms with E-state index < -0.39 is 0 Å². The number of nitrogens with two attached hydrogens (primary N) is 2. The lowest BCUT2D eigenvalue weighted by atomic mass is 9.80. The van der Waals surface area contributed by atoms with Gasteiger partial charge in [0, 0.05) is 11.8 Å². The topological polar surface area (TPSA) is 89.6 Å². The van der Waals surface area contributed by atoms with Crippen molar-refractivity contribution in [2.45, 2.75) is 25.7 Å². The summed E-state index contributed by atoms with van der Waals surface area (Å²) in [6.45, 7) is 2.03. The number of pyridine rings is 1. The van der Waals surface area contributed by atoms with Gasteiger partial charge in [0.05, 0.1) is 21.5 Å². The van der Waals surface area contributed by atoms with Crippen molar-refractivity contribution < 1.29 is 0 Å². The van der Waals surface area contributed by atoms with Crippen molar-refractivity contribution in [2.24, 2.45) is 21.7 Å². The number of hydrogen-bond acceptors (Lipinski definition) is 3. The highest BCUT2D eigenvalue weighted by Gasteiger charge is 2.29. The van der Waals surface area contributed by atoms with E-state index in [0.717, 1.165) is 34.5 Å². The molecule has 24 heavy (non-hydrogen) atoms. The highest BCUT2D eigenvalue weighted by atomic mass is 35.5. The molecule has 0 fully saturated rings. The van der Waals surface area contributed by atoms with Crippen LogP contribution in [0.3, 0.4) is 0 Å². The monoisotopic (exact) mass is 361 g/mol. The summed E-state index contributed by atoms with van der Waals surface area (Å²) < 4.78 is 0. The summed E-state index contributed by atoms with van der Waals surface area (Å²) in [5.41, 5.74) is 15.7. The van der Waals surface area contributed by atoms with Crippen LogP contribution in [0, 0.1) is 6.92 Å². The first-order valence-corrected chi connectivity index (χ1v) is 8.27. The quantitative estimate of drug-likeness (QED) is 0.487. The zero-order valence-electron chi connectivity index (χ0n) is 13.1. The van der Waals surface area contributed by atoms with Gasteiger partial charge in [-0.1, -0.05) is 35.3 Å². The Morgan fingerprint density at radius 1 is 1.21 bits per heavy atom. The van der Waals surface area contributed by atoms with Crippen LogP contribution in [0.25, 0.3) is 0 Å². The maximum Gasteiger partial charge on any atom is 0.211 e. The smallest absolute Gasteiger partial charge is 0.211 e. The van der Waals surface area contributed by atoms with Crippen LogP contribution in [0.5, 0.6) is 0 Å². The van der Waals surface area contributed by atoms with E-state index in [4.69, 9.17) is 34.7 Å². The van der Waals surface area contributed by atoms with Crippen molar-refractivity contribution >= 4 is 34.9 Å². The predicted octanol–water partition coefficient (Wildman–Crippen LogP) is 3.40. The van der Waals surface area contributed by atoms with Crippen LogP contribution in [0.15, 0.2) is 40.7 Å². The minimum Gasteiger partial charge on any atom is -0.369 e. The van der Waals surface area contributed by atoms with Crippen molar-refractivity contribution in [3.05, 3.63) is 62.9 Å². The lowest BCUT2D eigenvalue weighted by Crippen LogP contribution is -2.24. The normalized spacial score (nSPS) is 18.3. The van der Waals surface area contributed by atoms with Crippen molar-refractivity contribution in [1.29, 1.82) is 0 Å². The second-order valence-electron chi connectivity index (χ2n) is 5.77. The molecule has 4 N–H and O–H groups in total. The Labute approximate surface area is 150 Å². The summed E-state index contributed by atoms with van der Waals surface area (Å²) in [6.07, 6.45) is 3.22. The van der Waals surface area contributed by atoms with Gasteiger partial charge in [0.1, 0.15) is 0 Å². The van der Waals surface area contributed by atoms with Crippen molar-refractivity contribution in [3.8, 4) is 0 Å². The second kappa shape index (κ2) is 6.79. The van der Waals surface area contributed by atoms with Gasteiger partial charge in [-0.2, -0.15) is 5.10 Å². The Bertz CT molecular complexity index is 841. The van der Waals surface area contributed by atoms with E-state index >= 15 is 0 Å². The van der Waals surface area contributed by atoms with Gasteiger partial charge in [-0.15, -0.1) is 5.10 Å². The third-order valence-electron chi connectivity index (χ3n) is 4.11. The lowest BCUT2D eigenvalue weighted by Gasteiger charge is -2.27. The highest BCUT2D eigenvalue weighted by Crippen LogP contribution is 2.38. The molecule has 1 heterocycles. The summed E-state index contributed by atoms with van der Waals surface area (Å²) in [6, 6.07) is 7.62. The van der Waals surface area contributed by atoms with Crippen LogP contribution >= 0.6 is 23.2 Å². The zero-order valence-corrected chi connectivity index (χ0v) is 14.6. The van der Waals surface area contributed by atoms with E-state index in [1.807, 2.05) is 25.1 Å². The minimum absolute atomic E-state index is 0.0755. The highest BCUT2D eigenvalue weighted by molar-refractivity contribution is 6.42. The first-order valence-electron chi connectivity index (χ1n) is 7.51. The maximum absolute atomic E-state index is 6.40. The fourth-order valence-electron chi connectivity index (χ4n) is 3.07. The van der Waals surface area contributed by atoms with Crippen LogP contribution in [-0.4, -0.2) is 16.7 Å². The van der Waals surface area contributed by atoms with Crippen LogP contribution in [0.2, 0.25) is 10.0 Å². The third-order valence-corrected chi connectivity index (χ3v) is 4.95. The summed E-state index contributed by atoms with van der Waals surface area (Å²) in [4.78, 5) is 4.52. The molecule has 7 heteroatoms. The molecule has 1 aromatic carbocycles. The predicted molar refractivity (Wildman–Crippen MR) is 98.8 cm³/mol. The molecule has 1 aliphatic rings. The molecule has 1 atom stereocenters. The SMILES string of the molecule is Cc1ccnc2c1/C(=N/N=C(N)N)CC(c1cccc(Cl)c1Cl)C2. The van der Waals surface area contributed by atoms with E-state index in [9.17, 15) is 0 Å². The number of aryl methyl sites for hydroxylation is 1. The summed E-state index contributed by atoms with van der Waals surface area (Å²) >= 11 is 12.6. The molecule has 0 spiro atoms. The molecule has 5 nitrogen and oxygen atoms in total. The third kappa shape index (κ3) is 3.23. The molecule has 3 rings (SSSR count). The number of rotatable bonds is 2. The number of fused-ring (bicyclic) bond motifs is 1. The molecule has 0 aliphatic heterocycles. The van der Waals surface area contributed by atoms with Crippen LogP contribution < -0.4 is 11.5 Å². The lowest BCUT2D eigenvalue weighted by molar-refractivity contribution is 0.677. The van der Waals surface area contributed by atoms with Gasteiger partial charge in [0.2, 0.25) is 5.96 Å². The van der Waals surface area contributed by atoms with Crippen LogP contribution in [0.1, 0.15) is 34.7 Å². The van der Waals surface area contributed by atoms with E-state index in [2.05, 4.69) is 15.2 Å². The molecule has 1 unspecified atom stereocenters. The van der Waals surface area contributed by atoms with Crippen LogP contribution in [0.4, 0.5) is 0 Å². The van der Waals surface area contributed by atoms with Gasteiger partial charge in [0.25, 0.3) is 0 Å². The molecule has 0 bridgehead atoms. The molecular formula is C17H17Cl2N5. The van der Waals surface area contributed by atoms with Crippen molar-refractivity contribution in [2.75, 3.05) is 0 Å². The number of halogens is 2. The maximum atomic E-state index is 6.40. The minimum atomic E-state index is -0.0755. The Morgan fingerprint density at radius 2 is 2.00 bits per heavy atom. The Kier molecular flexibility index (Phi) is 4.73. The molecular weight excluding hydrogens is 345 g/mol. The number of nitrogens with zero attached hydrogens (tertiary/aromatic N) is 3. The fraction of sp³-hybridized carbons (Fsp3) is 0.235. The van der Waals surface area contributed by atoms with Gasteiger partial charge >= 0.3 is 0 Å². The number of hydrogen-bond donors (Lipinski definition) is 2. The number of benzene rings is 1. The van der Waals surface area contributed by atoms with E-state index in [1.54, 1.807) is 12.3 Å². The first kappa shape index (κ1) is 16.7. The van der Waals surface area contributed by atoms with E-state index in [0.29, 0.717) is 16.5 Å². The molecule has 0 radical (unpaired) electrons. The number of guanidine groups is 1. The molecule has 2 aromatic rings. The average molecular weight is 362 g/mol. The Morgan fingerprint density at radius 3 is 2.75 bits per heavy atom. The van der Waals surface area contributed by atoms with Crippen LogP contribution in [-0.2, 0) is 6.42 Å². The molecule has 0 saturated heterocycles. The molecule has 0 saturated carbocycles. The Balaban J connectivity index is 2.10. The van der Waals surface area contributed by atoms with Gasteiger partial charge in [-0.3, -0.25) is 4.98 Å². The largest absolute Gasteiger partial charge is 0.369 e. The van der Waals surface area contributed by atoms with E-state index in [1.165, 1.54) is 0 Å². The van der Waals surface area contributed by atoms with Gasteiger partial charge < -0.3 is 11.5 Å². The first-order chi connectivity index (χ1) is 11.5. The van der Waals surface area contributed by atoms with Gasteiger partial charge in [-0.25, -0.2) is 0 Å². The fourth-order valence-corrected chi connectivity index (χ4v) is 3.53. The molecule has 1 aliphatic carbocycles. The van der Waals surface area contributed by atoms with Crippen molar-refractivity contribution in [1.82, 2.24) is 4.98 Å². The summed E-state index contributed by atoms with van der Waals surface area (Å²) in [5, 5.41) is 9.19. The Hall–Kier alpha value is -2.11. The number of aromatic nitrogens is 1. The van der Waals surface area contributed by atoms with Gasteiger partial charge in [0.15, 0.2) is 0 Å². The molecule has 1 aromatic heterocycles. The summed E-state index contributed by atoms with van der Waals surface area (Å²) in [7, 11) is 0. The summed E-state index contributed by atoms with van der Waals surface area (Å²) in [5.74, 6) is 0.0412.